The second kappa shape index (κ2) is 9.93. The maximum atomic E-state index is 5.87. The Balaban J connectivity index is 1.52. The zero-order valence-corrected chi connectivity index (χ0v) is 17.4. The first-order valence-electron chi connectivity index (χ1n) is 10.7. The van der Waals surface area contributed by atoms with Crippen LogP contribution in [0.4, 0.5) is 0 Å². The van der Waals surface area contributed by atoms with Crippen LogP contribution >= 0.6 is 0 Å². The Morgan fingerprint density at radius 2 is 1.27 bits per heavy atom. The molecule has 151 valence electrons. The highest BCUT2D eigenvalue weighted by molar-refractivity contribution is 6.14. The van der Waals surface area contributed by atoms with Crippen LogP contribution in [0, 0.1) is 0 Å². The number of amidine groups is 1. The molecule has 0 bridgehead atoms. The third kappa shape index (κ3) is 4.80. The fraction of sp³-hybridized carbons (Fsp3) is 0.222. The summed E-state index contributed by atoms with van der Waals surface area (Å²) in [7, 11) is 0. The second-order valence-electron chi connectivity index (χ2n) is 7.41. The van der Waals surface area contributed by atoms with Crippen LogP contribution in [0.25, 0.3) is 11.4 Å². The molecule has 0 spiro atoms. The lowest BCUT2D eigenvalue weighted by molar-refractivity contribution is 0.305. The van der Waals surface area contributed by atoms with Crippen molar-refractivity contribution in [3.63, 3.8) is 0 Å². The van der Waals surface area contributed by atoms with E-state index in [1.54, 1.807) is 0 Å². The van der Waals surface area contributed by atoms with E-state index in [4.69, 9.17) is 15.0 Å². The van der Waals surface area contributed by atoms with Gasteiger partial charge in [0.2, 0.25) is 0 Å². The molecule has 0 saturated heterocycles. The van der Waals surface area contributed by atoms with Gasteiger partial charge in [-0.25, -0.2) is 10.3 Å². The number of unbranched alkanes of at least 4 members (excludes halogenated alkanes) is 3. The maximum absolute atomic E-state index is 5.87. The van der Waals surface area contributed by atoms with E-state index in [1.807, 2.05) is 60.7 Å². The van der Waals surface area contributed by atoms with Crippen molar-refractivity contribution >= 4 is 17.2 Å². The van der Waals surface area contributed by atoms with Crippen LogP contribution in [-0.2, 0) is 0 Å². The van der Waals surface area contributed by atoms with Gasteiger partial charge in [0, 0.05) is 16.7 Å². The van der Waals surface area contributed by atoms with Crippen LogP contribution < -0.4 is 10.1 Å². The molecule has 3 nitrogen and oxygen atoms in total. The number of hydrogen-bond acceptors (Lipinski definition) is 2. The lowest BCUT2D eigenvalue weighted by Crippen LogP contribution is -2.11. The van der Waals surface area contributed by atoms with E-state index in [0.29, 0.717) is 0 Å². The number of aliphatic imine (C=N–C) groups is 1. The molecule has 3 aromatic carbocycles. The summed E-state index contributed by atoms with van der Waals surface area (Å²) in [5.74, 6) is 1.63. The van der Waals surface area contributed by atoms with Gasteiger partial charge >= 0.3 is 0 Å². The molecule has 3 heteroatoms. The highest BCUT2D eigenvalue weighted by Crippen LogP contribution is 2.32. The Morgan fingerprint density at radius 3 is 1.90 bits per heavy atom. The van der Waals surface area contributed by atoms with Crippen molar-refractivity contribution in [3.8, 4) is 5.75 Å². The molecule has 4 rings (SSSR count). The van der Waals surface area contributed by atoms with Gasteiger partial charge in [-0.05, 0) is 30.7 Å². The summed E-state index contributed by atoms with van der Waals surface area (Å²) in [5.41, 5.74) is 4.96. The van der Waals surface area contributed by atoms with E-state index in [-0.39, 0.29) is 0 Å². The van der Waals surface area contributed by atoms with Gasteiger partial charge in [0.05, 0.1) is 18.0 Å². The lowest BCUT2D eigenvalue weighted by atomic mass is 10.1. The average Bonchev–Trinajstić information content (AvgIpc) is 3.26. The fourth-order valence-electron chi connectivity index (χ4n) is 3.49. The third-order valence-electron chi connectivity index (χ3n) is 5.13. The summed E-state index contributed by atoms with van der Waals surface area (Å²) >= 11 is 0. The third-order valence-corrected chi connectivity index (χ3v) is 5.13. The van der Waals surface area contributed by atoms with Crippen molar-refractivity contribution in [1.82, 2.24) is 5.32 Å². The largest absolute Gasteiger partial charge is 0.494 e. The molecule has 0 fully saturated rings. The highest BCUT2D eigenvalue weighted by atomic mass is 16.5. The van der Waals surface area contributed by atoms with Gasteiger partial charge in [0.25, 0.3) is 0 Å². The summed E-state index contributed by atoms with van der Waals surface area (Å²) in [4.78, 5) is 4.90. The first-order valence-corrected chi connectivity index (χ1v) is 10.7. The monoisotopic (exact) mass is 395 g/mol. The van der Waals surface area contributed by atoms with E-state index in [0.717, 1.165) is 52.7 Å². The minimum atomic E-state index is 0.738. The SMILES string of the molecule is CCCCCCOc1ccc(C2=NC(c3ccccc3)=C(c3ccccc3)[N]2)cc1. The molecule has 0 amide bonds. The predicted octanol–water partition coefficient (Wildman–Crippen LogP) is 6.54. The van der Waals surface area contributed by atoms with Crippen LogP contribution in [0.3, 0.4) is 0 Å². The van der Waals surface area contributed by atoms with Gasteiger partial charge in [-0.1, -0.05) is 86.8 Å². The van der Waals surface area contributed by atoms with Gasteiger partial charge in [0.15, 0.2) is 5.84 Å². The lowest BCUT2D eigenvalue weighted by Gasteiger charge is -2.08. The van der Waals surface area contributed by atoms with Gasteiger partial charge in [-0.3, -0.25) is 0 Å². The van der Waals surface area contributed by atoms with Crippen LogP contribution in [0.15, 0.2) is 89.9 Å². The van der Waals surface area contributed by atoms with Crippen molar-refractivity contribution in [2.45, 2.75) is 32.6 Å². The quantitative estimate of drug-likeness (QED) is 0.379. The molecule has 30 heavy (non-hydrogen) atoms. The summed E-state index contributed by atoms with van der Waals surface area (Å²) in [6.45, 7) is 2.99. The minimum Gasteiger partial charge on any atom is -0.494 e. The Bertz CT molecular complexity index is 1010. The van der Waals surface area contributed by atoms with Gasteiger partial charge in [-0.2, -0.15) is 0 Å². The number of benzene rings is 3. The Labute approximate surface area is 179 Å². The molecule has 1 aliphatic heterocycles. The number of hydrogen-bond donors (Lipinski definition) is 0. The smallest absolute Gasteiger partial charge is 0.160 e. The van der Waals surface area contributed by atoms with Gasteiger partial charge < -0.3 is 4.74 Å². The molecular weight excluding hydrogens is 368 g/mol. The number of rotatable bonds is 9. The molecule has 0 aliphatic carbocycles. The first kappa shape index (κ1) is 20.0. The van der Waals surface area contributed by atoms with Crippen molar-refractivity contribution < 1.29 is 4.74 Å². The summed E-state index contributed by atoms with van der Waals surface area (Å²) < 4.78 is 5.87. The maximum Gasteiger partial charge on any atom is 0.160 e. The first-order chi connectivity index (χ1) is 14.8. The molecular formula is C27H27N2O. The Kier molecular flexibility index (Phi) is 6.61. The summed E-state index contributed by atoms with van der Waals surface area (Å²) in [6, 6.07) is 28.6. The fourth-order valence-corrected chi connectivity index (χ4v) is 3.49. The van der Waals surface area contributed by atoms with Crippen LogP contribution in [0.2, 0.25) is 0 Å². The van der Waals surface area contributed by atoms with Crippen molar-refractivity contribution in [2.24, 2.45) is 4.99 Å². The molecule has 0 saturated carbocycles. The van der Waals surface area contributed by atoms with Gasteiger partial charge in [0.1, 0.15) is 5.75 Å². The number of nitrogens with zero attached hydrogens (tertiary/aromatic N) is 2. The van der Waals surface area contributed by atoms with E-state index >= 15 is 0 Å². The zero-order chi connectivity index (χ0) is 20.6. The van der Waals surface area contributed by atoms with Crippen molar-refractivity contribution in [1.29, 1.82) is 0 Å². The molecule has 1 radical (unpaired) electrons. The number of ether oxygens (including phenoxy) is 1. The molecule has 0 unspecified atom stereocenters. The summed E-state index contributed by atoms with van der Waals surface area (Å²) in [5, 5.41) is 4.90. The molecule has 0 aromatic heterocycles. The Hall–Kier alpha value is -3.33. The van der Waals surface area contributed by atoms with Crippen molar-refractivity contribution in [3.05, 3.63) is 102 Å². The van der Waals surface area contributed by atoms with Crippen LogP contribution in [-0.4, -0.2) is 12.4 Å². The molecule has 3 aromatic rings. The van der Waals surface area contributed by atoms with E-state index < -0.39 is 0 Å². The average molecular weight is 396 g/mol. The van der Waals surface area contributed by atoms with Gasteiger partial charge in [-0.15, -0.1) is 0 Å². The normalized spacial score (nSPS) is 13.2. The minimum absolute atomic E-state index is 0.738. The van der Waals surface area contributed by atoms with E-state index in [9.17, 15) is 0 Å². The topological polar surface area (TPSA) is 35.7 Å². The zero-order valence-electron chi connectivity index (χ0n) is 17.4. The van der Waals surface area contributed by atoms with E-state index in [1.165, 1.54) is 19.3 Å². The van der Waals surface area contributed by atoms with E-state index in [2.05, 4.69) is 31.2 Å². The molecule has 0 atom stereocenters. The van der Waals surface area contributed by atoms with Crippen LogP contribution in [0.5, 0.6) is 5.75 Å². The highest BCUT2D eigenvalue weighted by Gasteiger charge is 2.23. The Morgan fingerprint density at radius 1 is 0.633 bits per heavy atom. The predicted molar refractivity (Wildman–Crippen MR) is 124 cm³/mol. The summed E-state index contributed by atoms with van der Waals surface area (Å²) in [6.07, 6.45) is 4.83. The van der Waals surface area contributed by atoms with Crippen LogP contribution in [0.1, 0.15) is 49.3 Å². The standard InChI is InChI=1S/C27H27N2O/c1-2-3-4-11-20-30-24-18-16-23(17-19-24)27-28-25(21-12-7-5-8-13-21)26(29-27)22-14-9-6-10-15-22/h5-10,12-19H,2-4,11,20H2,1H3. The second-order valence-corrected chi connectivity index (χ2v) is 7.41. The molecule has 1 aliphatic rings. The molecule has 0 N–H and O–H groups in total. The molecule has 1 heterocycles. The van der Waals surface area contributed by atoms with Crippen molar-refractivity contribution in [2.75, 3.05) is 6.61 Å².